The fourth-order valence-corrected chi connectivity index (χ4v) is 6.42. The minimum Gasteiger partial charge on any atom is -0.506 e. The Balaban J connectivity index is 0.894. The molecule has 5 N–H and O–H groups in total. The highest BCUT2D eigenvalue weighted by molar-refractivity contribution is 5.92. The van der Waals surface area contributed by atoms with E-state index >= 15 is 0 Å². The number of benzene rings is 4. The molecule has 0 radical (unpaired) electrons. The van der Waals surface area contributed by atoms with Gasteiger partial charge in [-0.3, -0.25) is 14.9 Å². The zero-order chi connectivity index (χ0) is 34.9. The highest BCUT2D eigenvalue weighted by Crippen LogP contribution is 2.28. The molecule has 10 nitrogen and oxygen atoms in total. The van der Waals surface area contributed by atoms with E-state index < -0.39 is 6.09 Å². The number of carbonyl (C=O) groups is 2. The van der Waals surface area contributed by atoms with Crippen LogP contribution in [0.15, 0.2) is 102 Å². The van der Waals surface area contributed by atoms with E-state index in [1.807, 2.05) is 79.7 Å². The van der Waals surface area contributed by atoms with Crippen molar-refractivity contribution in [3.8, 4) is 16.9 Å². The monoisotopic (exact) mass is 673 g/mol. The van der Waals surface area contributed by atoms with E-state index in [1.165, 1.54) is 6.07 Å². The zero-order valence-corrected chi connectivity index (χ0v) is 28.2. The molecule has 2 amide bonds. The van der Waals surface area contributed by atoms with Crippen LogP contribution in [0.4, 0.5) is 16.2 Å². The number of phenolic OH excluding ortho intramolecular Hbond substituents is 1. The van der Waals surface area contributed by atoms with Gasteiger partial charge in [0, 0.05) is 55.3 Å². The number of phenols is 1. The predicted octanol–water partition coefficient (Wildman–Crippen LogP) is 6.58. The Hall–Kier alpha value is -5.45. The van der Waals surface area contributed by atoms with Crippen molar-refractivity contribution < 1.29 is 19.4 Å². The summed E-state index contributed by atoms with van der Waals surface area (Å²) < 4.78 is 5.76. The summed E-state index contributed by atoms with van der Waals surface area (Å²) in [6.07, 6.45) is 1.93. The Morgan fingerprint density at radius 1 is 0.900 bits per heavy atom. The average molecular weight is 674 g/mol. The Morgan fingerprint density at radius 3 is 2.48 bits per heavy atom. The highest BCUT2D eigenvalue weighted by Gasteiger charge is 2.23. The number of aromatic nitrogens is 1. The molecule has 0 unspecified atom stereocenters. The number of nitrogens with zero attached hydrogens (tertiary/aromatic N) is 1. The molecule has 258 valence electrons. The van der Waals surface area contributed by atoms with Gasteiger partial charge in [0.05, 0.1) is 11.2 Å². The number of pyridine rings is 1. The molecule has 50 heavy (non-hydrogen) atoms. The first kappa shape index (κ1) is 34.4. The summed E-state index contributed by atoms with van der Waals surface area (Å²) in [7, 11) is 0. The second-order valence-electron chi connectivity index (χ2n) is 12.7. The van der Waals surface area contributed by atoms with E-state index in [9.17, 15) is 19.5 Å². The topological polar surface area (TPSA) is 136 Å². The maximum absolute atomic E-state index is 12.8. The van der Waals surface area contributed by atoms with Gasteiger partial charge in [-0.05, 0) is 79.3 Å². The molecule has 10 heteroatoms. The number of piperidine rings is 1. The fourth-order valence-electron chi connectivity index (χ4n) is 6.42. The maximum Gasteiger partial charge on any atom is 0.411 e. The van der Waals surface area contributed by atoms with Crippen molar-refractivity contribution in [3.63, 3.8) is 0 Å². The lowest BCUT2D eigenvalue weighted by molar-refractivity contribution is -0.116. The largest absolute Gasteiger partial charge is 0.506 e. The van der Waals surface area contributed by atoms with Gasteiger partial charge >= 0.3 is 6.09 Å². The second kappa shape index (κ2) is 16.3. The van der Waals surface area contributed by atoms with Gasteiger partial charge in [-0.25, -0.2) is 4.79 Å². The fraction of sp³-hybridized carbons (Fsp3) is 0.275. The van der Waals surface area contributed by atoms with Crippen LogP contribution in [0.5, 0.6) is 5.75 Å². The normalized spacial score (nSPS) is 13.6. The predicted molar refractivity (Wildman–Crippen MR) is 198 cm³/mol. The van der Waals surface area contributed by atoms with Gasteiger partial charge in [-0.1, -0.05) is 66.7 Å². The van der Waals surface area contributed by atoms with Crippen LogP contribution in [0.1, 0.15) is 36.0 Å². The van der Waals surface area contributed by atoms with E-state index in [1.54, 1.807) is 12.1 Å². The van der Waals surface area contributed by atoms with Crippen molar-refractivity contribution in [1.29, 1.82) is 0 Å². The van der Waals surface area contributed by atoms with Crippen molar-refractivity contribution in [3.05, 3.63) is 124 Å². The van der Waals surface area contributed by atoms with Gasteiger partial charge in [0.1, 0.15) is 11.9 Å². The number of anilines is 2. The van der Waals surface area contributed by atoms with Crippen LogP contribution in [0.25, 0.3) is 22.0 Å². The summed E-state index contributed by atoms with van der Waals surface area (Å²) in [5, 5.41) is 20.4. The van der Waals surface area contributed by atoms with Gasteiger partial charge in [0.25, 0.3) is 0 Å². The highest BCUT2D eigenvalue weighted by atomic mass is 16.6. The quantitative estimate of drug-likeness (QED) is 0.0944. The van der Waals surface area contributed by atoms with Crippen molar-refractivity contribution in [2.24, 2.45) is 0 Å². The number of hydrogen-bond acceptors (Lipinski definition) is 7. The molecule has 0 saturated carbocycles. The van der Waals surface area contributed by atoms with Crippen molar-refractivity contribution in [2.75, 3.05) is 36.8 Å². The molecule has 0 aliphatic carbocycles. The van der Waals surface area contributed by atoms with Gasteiger partial charge in [-0.2, -0.15) is 0 Å². The molecular formula is C40H43N5O5. The third-order valence-electron chi connectivity index (χ3n) is 9.14. The molecule has 1 aliphatic heterocycles. The molecule has 1 saturated heterocycles. The number of amides is 2. The molecule has 1 aromatic heterocycles. The standard InChI is InChI=1S/C40H43N5O5/c1-27-25-28(26-41-21-17-30-12-15-36(46)39-33(30)13-16-37(47)44-39)11-14-34(27)42-38(48)20-24-45-22-18-31(19-23-45)50-40(49)43-35-10-6-5-9-32(35)29-7-3-2-4-8-29/h2-16,25,31,41,46H,17-24,26H2,1H3,(H,42,48)(H,43,49)(H,44,47). The first-order valence-electron chi connectivity index (χ1n) is 17.1. The van der Waals surface area contributed by atoms with Crippen LogP contribution in [0, 0.1) is 6.92 Å². The molecule has 5 aromatic rings. The summed E-state index contributed by atoms with van der Waals surface area (Å²) in [5.41, 5.74) is 6.84. The van der Waals surface area contributed by atoms with Crippen molar-refractivity contribution in [1.82, 2.24) is 15.2 Å². The first-order chi connectivity index (χ1) is 24.3. The van der Waals surface area contributed by atoms with Crippen LogP contribution >= 0.6 is 0 Å². The molecule has 1 aliphatic rings. The number of likely N-dealkylation sites (tertiary alicyclic amines) is 1. The van der Waals surface area contributed by atoms with E-state index in [-0.39, 0.29) is 23.3 Å². The number of ether oxygens (including phenoxy) is 1. The Morgan fingerprint density at radius 2 is 1.68 bits per heavy atom. The minimum absolute atomic E-state index is 0.0312. The number of hydrogen-bond donors (Lipinski definition) is 5. The third-order valence-corrected chi connectivity index (χ3v) is 9.14. The Bertz CT molecular complexity index is 2000. The maximum atomic E-state index is 12.8. The SMILES string of the molecule is Cc1cc(CNCCc2ccc(O)c3[nH]c(=O)ccc23)ccc1NC(=O)CCN1CCC(OC(=O)Nc2ccccc2-c2ccccc2)CC1. The Labute approximate surface area is 291 Å². The van der Waals surface area contributed by atoms with Crippen molar-refractivity contribution in [2.45, 2.75) is 45.3 Å². The number of fused-ring (bicyclic) bond motifs is 1. The molecular weight excluding hydrogens is 630 g/mol. The lowest BCUT2D eigenvalue weighted by atomic mass is 10.0. The Kier molecular flexibility index (Phi) is 11.2. The number of carbonyl (C=O) groups excluding carboxylic acids is 2. The van der Waals surface area contributed by atoms with Gasteiger partial charge in [0.2, 0.25) is 11.5 Å². The lowest BCUT2D eigenvalue weighted by Crippen LogP contribution is -2.39. The van der Waals surface area contributed by atoms with Gasteiger partial charge in [-0.15, -0.1) is 0 Å². The molecule has 0 spiro atoms. The molecule has 4 aromatic carbocycles. The van der Waals surface area contributed by atoms with E-state index in [0.29, 0.717) is 30.7 Å². The number of aromatic hydroxyl groups is 1. The average Bonchev–Trinajstić information content (AvgIpc) is 3.12. The number of nitrogens with one attached hydrogen (secondary N) is 4. The number of rotatable bonds is 12. The molecule has 2 heterocycles. The van der Waals surface area contributed by atoms with Crippen LogP contribution in [-0.4, -0.2) is 59.3 Å². The molecule has 1 fully saturated rings. The van der Waals surface area contributed by atoms with Crippen molar-refractivity contribution >= 4 is 34.3 Å². The number of aromatic amines is 1. The zero-order valence-electron chi connectivity index (χ0n) is 28.2. The smallest absolute Gasteiger partial charge is 0.411 e. The third kappa shape index (κ3) is 8.96. The van der Waals surface area contributed by atoms with Gasteiger partial charge < -0.3 is 30.4 Å². The van der Waals surface area contributed by atoms with Crippen LogP contribution in [0.2, 0.25) is 0 Å². The number of aryl methyl sites for hydroxylation is 1. The number of H-pyrrole nitrogens is 1. The first-order valence-corrected chi connectivity index (χ1v) is 17.1. The summed E-state index contributed by atoms with van der Waals surface area (Å²) in [4.78, 5) is 42.2. The summed E-state index contributed by atoms with van der Waals surface area (Å²) in [6, 6.07) is 30.4. The number of para-hydroxylation sites is 1. The second-order valence-corrected chi connectivity index (χ2v) is 12.7. The molecule has 0 bridgehead atoms. The van der Waals surface area contributed by atoms with E-state index in [2.05, 4.69) is 31.9 Å². The molecule has 6 rings (SSSR count). The van der Waals surface area contributed by atoms with E-state index in [0.717, 1.165) is 77.8 Å². The lowest BCUT2D eigenvalue weighted by Gasteiger charge is -2.31. The van der Waals surface area contributed by atoms with Crippen LogP contribution in [-0.2, 0) is 22.5 Å². The minimum atomic E-state index is -0.453. The van der Waals surface area contributed by atoms with E-state index in [4.69, 9.17) is 4.74 Å². The van der Waals surface area contributed by atoms with Gasteiger partial charge in [0.15, 0.2) is 0 Å². The summed E-state index contributed by atoms with van der Waals surface area (Å²) >= 11 is 0. The van der Waals surface area contributed by atoms with Crippen LogP contribution < -0.4 is 21.5 Å². The summed E-state index contributed by atoms with van der Waals surface area (Å²) in [5.74, 6) is 0.0312. The van der Waals surface area contributed by atoms with Crippen LogP contribution in [0.3, 0.4) is 0 Å². The molecule has 0 atom stereocenters. The summed E-state index contributed by atoms with van der Waals surface area (Å²) in [6.45, 7) is 5.54.